The fraction of sp³-hybridized carbons (Fsp3) is 0.696. The van der Waals surface area contributed by atoms with Gasteiger partial charge in [0.2, 0.25) is 0 Å². The first-order valence-corrected chi connectivity index (χ1v) is 10.6. The highest BCUT2D eigenvalue weighted by Gasteiger charge is 2.42. The third-order valence-corrected chi connectivity index (χ3v) is 5.46. The third-order valence-electron chi connectivity index (χ3n) is 5.46. The minimum absolute atomic E-state index is 0.0878. The van der Waals surface area contributed by atoms with Crippen LogP contribution in [0.25, 0.3) is 0 Å². The van der Waals surface area contributed by atoms with Crippen molar-refractivity contribution >= 4 is 5.97 Å². The van der Waals surface area contributed by atoms with E-state index >= 15 is 0 Å². The number of carbonyl (C=O) groups is 1. The zero-order valence-electron chi connectivity index (χ0n) is 16.4. The van der Waals surface area contributed by atoms with Crippen LogP contribution in [0.15, 0.2) is 30.3 Å². The highest BCUT2D eigenvalue weighted by Crippen LogP contribution is 2.30. The van der Waals surface area contributed by atoms with Gasteiger partial charge >= 0.3 is 5.97 Å². The molecule has 1 fully saturated rings. The maximum Gasteiger partial charge on any atom is 0.313 e. The van der Waals surface area contributed by atoms with Crippen LogP contribution in [0.4, 0.5) is 0 Å². The molecule has 2 rings (SSSR count). The van der Waals surface area contributed by atoms with Gasteiger partial charge in [0.15, 0.2) is 0 Å². The average Bonchev–Trinajstić information content (AvgIpc) is 2.65. The van der Waals surface area contributed by atoms with E-state index in [0.29, 0.717) is 6.42 Å². The summed E-state index contributed by atoms with van der Waals surface area (Å²) in [6.07, 6.45) is 13.3. The molecular formula is C23H36O3. The van der Waals surface area contributed by atoms with Crippen LogP contribution in [0.2, 0.25) is 0 Å². The number of carbonyl (C=O) groups excluding carboxylic acids is 1. The molecule has 1 heterocycles. The van der Waals surface area contributed by atoms with E-state index in [4.69, 9.17) is 4.74 Å². The van der Waals surface area contributed by atoms with Crippen molar-refractivity contribution in [1.29, 1.82) is 0 Å². The molecule has 3 nitrogen and oxygen atoms in total. The summed E-state index contributed by atoms with van der Waals surface area (Å²) in [5, 5.41) is 10.3. The lowest BCUT2D eigenvalue weighted by Gasteiger charge is -2.36. The summed E-state index contributed by atoms with van der Waals surface area (Å²) >= 11 is 0. The van der Waals surface area contributed by atoms with Crippen molar-refractivity contribution < 1.29 is 14.6 Å². The Hall–Kier alpha value is -1.35. The van der Waals surface area contributed by atoms with Gasteiger partial charge in [-0.05, 0) is 18.4 Å². The summed E-state index contributed by atoms with van der Waals surface area (Å²) in [5.74, 6) is -0.204. The Morgan fingerprint density at radius 2 is 1.58 bits per heavy atom. The van der Waals surface area contributed by atoms with Crippen LogP contribution in [0, 0.1) is 5.92 Å². The quantitative estimate of drug-likeness (QED) is 0.355. The number of hydrogen-bond donors (Lipinski definition) is 1. The highest BCUT2D eigenvalue weighted by molar-refractivity contribution is 5.78. The highest BCUT2D eigenvalue weighted by atomic mass is 16.6. The van der Waals surface area contributed by atoms with Crippen molar-refractivity contribution in [3.8, 4) is 0 Å². The molecule has 1 aliphatic rings. The van der Waals surface area contributed by atoms with Gasteiger partial charge in [0, 0.05) is 6.42 Å². The minimum Gasteiger partial charge on any atom is -0.461 e. The Morgan fingerprint density at radius 1 is 0.962 bits per heavy atom. The van der Waals surface area contributed by atoms with Crippen molar-refractivity contribution in [3.05, 3.63) is 35.9 Å². The van der Waals surface area contributed by atoms with E-state index in [1.807, 2.05) is 30.3 Å². The summed E-state index contributed by atoms with van der Waals surface area (Å²) in [7, 11) is 0. The van der Waals surface area contributed by atoms with Crippen molar-refractivity contribution in [2.24, 2.45) is 5.92 Å². The Labute approximate surface area is 159 Å². The SMILES string of the molecule is CCCCCCCCCCC[C@@H](O)CC1OC(=O)C1Cc1ccccc1. The van der Waals surface area contributed by atoms with Gasteiger partial charge in [-0.15, -0.1) is 0 Å². The van der Waals surface area contributed by atoms with Crippen LogP contribution in [-0.2, 0) is 16.0 Å². The second-order valence-electron chi connectivity index (χ2n) is 7.78. The number of ether oxygens (including phenoxy) is 1. The number of esters is 1. The molecule has 0 spiro atoms. The molecule has 0 radical (unpaired) electrons. The standard InChI is InChI=1S/C23H36O3/c1-2-3-4-5-6-7-8-9-13-16-20(24)18-22-21(23(25)26-22)17-19-14-11-10-12-15-19/h10-12,14-15,20-22,24H,2-9,13,16-18H2,1H3/t20-,21?,22?/m1/s1. The number of aliphatic hydroxyl groups excluding tert-OH is 1. The monoisotopic (exact) mass is 360 g/mol. The molecule has 1 aromatic rings. The van der Waals surface area contributed by atoms with Crippen LogP contribution < -0.4 is 0 Å². The molecule has 3 atom stereocenters. The molecule has 2 unspecified atom stereocenters. The Kier molecular flexibility index (Phi) is 9.76. The maximum atomic E-state index is 11.7. The van der Waals surface area contributed by atoms with Crippen molar-refractivity contribution in [2.45, 2.75) is 96.2 Å². The van der Waals surface area contributed by atoms with Gasteiger partial charge in [-0.2, -0.15) is 0 Å². The third kappa shape index (κ3) is 7.49. The Balaban J connectivity index is 1.53. The summed E-state index contributed by atoms with van der Waals surface area (Å²) < 4.78 is 5.29. The molecule has 0 aliphatic carbocycles. The van der Waals surface area contributed by atoms with Gasteiger partial charge < -0.3 is 9.84 Å². The first-order valence-electron chi connectivity index (χ1n) is 10.6. The number of benzene rings is 1. The molecule has 26 heavy (non-hydrogen) atoms. The predicted molar refractivity (Wildman–Crippen MR) is 106 cm³/mol. The second kappa shape index (κ2) is 12.1. The van der Waals surface area contributed by atoms with Crippen molar-refractivity contribution in [1.82, 2.24) is 0 Å². The second-order valence-corrected chi connectivity index (χ2v) is 7.78. The van der Waals surface area contributed by atoms with Crippen molar-refractivity contribution in [3.63, 3.8) is 0 Å². The van der Waals surface area contributed by atoms with Gasteiger partial charge in [-0.3, -0.25) is 4.79 Å². The fourth-order valence-electron chi connectivity index (χ4n) is 3.77. The summed E-state index contributed by atoms with van der Waals surface area (Å²) in [6, 6.07) is 10.1. The summed E-state index contributed by atoms with van der Waals surface area (Å²) in [5.41, 5.74) is 1.16. The van der Waals surface area contributed by atoms with Crippen LogP contribution >= 0.6 is 0 Å². The first kappa shape index (κ1) is 21.0. The Bertz CT molecular complexity index is 499. The lowest BCUT2D eigenvalue weighted by Crippen LogP contribution is -2.47. The number of cyclic esters (lactones) is 1. The van der Waals surface area contributed by atoms with Crippen LogP contribution in [0.3, 0.4) is 0 Å². The fourth-order valence-corrected chi connectivity index (χ4v) is 3.77. The predicted octanol–water partition coefficient (Wildman–Crippen LogP) is 5.44. The molecule has 146 valence electrons. The number of rotatable bonds is 14. The molecule has 0 amide bonds. The number of aliphatic hydroxyl groups is 1. The zero-order valence-corrected chi connectivity index (χ0v) is 16.4. The van der Waals surface area contributed by atoms with E-state index < -0.39 is 0 Å². The van der Waals surface area contributed by atoms with Crippen LogP contribution in [0.1, 0.15) is 83.1 Å². The van der Waals surface area contributed by atoms with Gasteiger partial charge in [-0.1, -0.05) is 95.0 Å². The van der Waals surface area contributed by atoms with E-state index in [1.165, 1.54) is 51.4 Å². The maximum absolute atomic E-state index is 11.7. The molecule has 0 aromatic heterocycles. The smallest absolute Gasteiger partial charge is 0.313 e. The van der Waals surface area contributed by atoms with E-state index in [2.05, 4.69) is 6.92 Å². The molecule has 1 saturated heterocycles. The molecule has 3 heteroatoms. The van der Waals surface area contributed by atoms with Gasteiger partial charge in [-0.25, -0.2) is 0 Å². The van der Waals surface area contributed by atoms with Crippen molar-refractivity contribution in [2.75, 3.05) is 0 Å². The van der Waals surface area contributed by atoms with E-state index in [-0.39, 0.29) is 24.1 Å². The van der Waals surface area contributed by atoms with Gasteiger partial charge in [0.25, 0.3) is 0 Å². The molecule has 0 saturated carbocycles. The molecule has 1 aliphatic heterocycles. The molecule has 1 aromatic carbocycles. The molecular weight excluding hydrogens is 324 g/mol. The van der Waals surface area contributed by atoms with Gasteiger partial charge in [0.1, 0.15) is 6.10 Å². The normalized spacial score (nSPS) is 20.5. The van der Waals surface area contributed by atoms with E-state index in [0.717, 1.165) is 24.8 Å². The molecule has 0 bridgehead atoms. The van der Waals surface area contributed by atoms with Gasteiger partial charge in [0.05, 0.1) is 12.0 Å². The minimum atomic E-state index is -0.351. The zero-order chi connectivity index (χ0) is 18.6. The lowest BCUT2D eigenvalue weighted by atomic mass is 9.86. The number of hydrogen-bond acceptors (Lipinski definition) is 3. The number of unbranched alkanes of at least 4 members (excludes halogenated alkanes) is 8. The van der Waals surface area contributed by atoms with Crippen LogP contribution in [-0.4, -0.2) is 23.3 Å². The average molecular weight is 361 g/mol. The van der Waals surface area contributed by atoms with Crippen LogP contribution in [0.5, 0.6) is 0 Å². The Morgan fingerprint density at radius 3 is 2.19 bits per heavy atom. The topological polar surface area (TPSA) is 46.5 Å². The lowest BCUT2D eigenvalue weighted by molar-refractivity contribution is -0.187. The van der Waals surface area contributed by atoms with E-state index in [1.54, 1.807) is 0 Å². The summed E-state index contributed by atoms with van der Waals surface area (Å²) in [6.45, 7) is 2.25. The first-order chi connectivity index (χ1) is 12.7. The van der Waals surface area contributed by atoms with E-state index in [9.17, 15) is 9.90 Å². The molecule has 1 N–H and O–H groups in total. The largest absolute Gasteiger partial charge is 0.461 e. The summed E-state index contributed by atoms with van der Waals surface area (Å²) in [4.78, 5) is 11.7.